The van der Waals surface area contributed by atoms with Crippen LogP contribution in [-0.2, 0) is 6.54 Å². The SMILES string of the molecule is CN1Cc2cn[nH]c2C(CN)C1. The summed E-state index contributed by atoms with van der Waals surface area (Å²) in [5.41, 5.74) is 8.19. The maximum Gasteiger partial charge on any atom is 0.0535 e. The summed E-state index contributed by atoms with van der Waals surface area (Å²) < 4.78 is 0. The normalized spacial score (nSPS) is 24.0. The fourth-order valence-electron chi connectivity index (χ4n) is 1.82. The van der Waals surface area contributed by atoms with Crippen molar-refractivity contribution < 1.29 is 0 Å². The molecular formula is C8H14N4. The Morgan fingerprint density at radius 2 is 2.67 bits per heavy atom. The molecule has 1 aliphatic heterocycles. The Labute approximate surface area is 71.7 Å². The number of hydrogen-bond acceptors (Lipinski definition) is 3. The summed E-state index contributed by atoms with van der Waals surface area (Å²) in [5.74, 6) is 0.432. The van der Waals surface area contributed by atoms with Gasteiger partial charge in [0.25, 0.3) is 0 Å². The molecule has 2 heterocycles. The second-order valence-electron chi connectivity index (χ2n) is 3.44. The van der Waals surface area contributed by atoms with E-state index in [4.69, 9.17) is 5.73 Å². The number of fused-ring (bicyclic) bond motifs is 1. The summed E-state index contributed by atoms with van der Waals surface area (Å²) in [6, 6.07) is 0. The second-order valence-corrected chi connectivity index (χ2v) is 3.44. The van der Waals surface area contributed by atoms with E-state index in [0.29, 0.717) is 12.5 Å². The average molecular weight is 166 g/mol. The second kappa shape index (κ2) is 2.88. The monoisotopic (exact) mass is 166 g/mol. The molecule has 1 aromatic heterocycles. The van der Waals surface area contributed by atoms with Crippen LogP contribution in [0.2, 0.25) is 0 Å². The molecule has 0 amide bonds. The Hall–Kier alpha value is -0.870. The van der Waals surface area contributed by atoms with Crippen LogP contribution < -0.4 is 5.73 Å². The molecule has 1 aromatic rings. The number of rotatable bonds is 1. The predicted octanol–water partition coefficient (Wildman–Crippen LogP) is -0.103. The third kappa shape index (κ3) is 1.13. The van der Waals surface area contributed by atoms with Crippen LogP contribution in [0.5, 0.6) is 0 Å². The average Bonchev–Trinajstić information content (AvgIpc) is 2.50. The molecule has 0 fully saturated rings. The quantitative estimate of drug-likeness (QED) is 0.612. The molecule has 4 nitrogen and oxygen atoms in total. The predicted molar refractivity (Wildman–Crippen MR) is 46.7 cm³/mol. The molecular weight excluding hydrogens is 152 g/mol. The van der Waals surface area contributed by atoms with Gasteiger partial charge in [0.15, 0.2) is 0 Å². The van der Waals surface area contributed by atoms with E-state index in [1.165, 1.54) is 11.3 Å². The molecule has 1 atom stereocenters. The minimum atomic E-state index is 0.432. The van der Waals surface area contributed by atoms with Gasteiger partial charge in [-0.2, -0.15) is 5.10 Å². The van der Waals surface area contributed by atoms with Crippen LogP contribution in [0.3, 0.4) is 0 Å². The Morgan fingerprint density at radius 1 is 1.83 bits per heavy atom. The largest absolute Gasteiger partial charge is 0.330 e. The summed E-state index contributed by atoms with van der Waals surface area (Å²) in [4.78, 5) is 2.27. The van der Waals surface area contributed by atoms with Gasteiger partial charge in [-0.25, -0.2) is 0 Å². The molecule has 0 radical (unpaired) electrons. The van der Waals surface area contributed by atoms with Crippen molar-refractivity contribution >= 4 is 0 Å². The molecule has 1 unspecified atom stereocenters. The van der Waals surface area contributed by atoms with Gasteiger partial charge in [-0.3, -0.25) is 5.10 Å². The van der Waals surface area contributed by atoms with E-state index >= 15 is 0 Å². The molecule has 12 heavy (non-hydrogen) atoms. The maximum absolute atomic E-state index is 5.67. The van der Waals surface area contributed by atoms with Crippen molar-refractivity contribution in [3.63, 3.8) is 0 Å². The van der Waals surface area contributed by atoms with Gasteiger partial charge in [0.05, 0.1) is 6.20 Å². The van der Waals surface area contributed by atoms with Gasteiger partial charge in [0, 0.05) is 36.8 Å². The molecule has 0 aliphatic carbocycles. The van der Waals surface area contributed by atoms with E-state index in [2.05, 4.69) is 22.1 Å². The van der Waals surface area contributed by atoms with Gasteiger partial charge in [0.2, 0.25) is 0 Å². The van der Waals surface area contributed by atoms with Crippen molar-refractivity contribution in [2.75, 3.05) is 20.1 Å². The summed E-state index contributed by atoms with van der Waals surface area (Å²) >= 11 is 0. The highest BCUT2D eigenvalue weighted by Crippen LogP contribution is 2.23. The Balaban J connectivity index is 2.31. The third-order valence-corrected chi connectivity index (χ3v) is 2.42. The molecule has 4 heteroatoms. The highest BCUT2D eigenvalue weighted by molar-refractivity contribution is 5.23. The summed E-state index contributed by atoms with van der Waals surface area (Å²) in [6.45, 7) is 2.72. The fourth-order valence-corrected chi connectivity index (χ4v) is 1.82. The molecule has 1 aliphatic rings. The van der Waals surface area contributed by atoms with Crippen LogP contribution in [0.15, 0.2) is 6.20 Å². The van der Waals surface area contributed by atoms with E-state index in [1.807, 2.05) is 6.20 Å². The van der Waals surface area contributed by atoms with Gasteiger partial charge in [-0.1, -0.05) is 0 Å². The standard InChI is InChI=1S/C8H14N4/c1-12-4-6(2-9)8-7(5-12)3-10-11-8/h3,6H,2,4-5,9H2,1H3,(H,10,11). The van der Waals surface area contributed by atoms with Crippen LogP contribution in [0, 0.1) is 0 Å². The zero-order valence-corrected chi connectivity index (χ0v) is 7.25. The van der Waals surface area contributed by atoms with Gasteiger partial charge in [0.1, 0.15) is 0 Å². The van der Waals surface area contributed by atoms with E-state index in [0.717, 1.165) is 13.1 Å². The third-order valence-electron chi connectivity index (χ3n) is 2.42. The summed E-state index contributed by atoms with van der Waals surface area (Å²) in [7, 11) is 2.11. The van der Waals surface area contributed by atoms with E-state index < -0.39 is 0 Å². The van der Waals surface area contributed by atoms with E-state index in [-0.39, 0.29) is 0 Å². The van der Waals surface area contributed by atoms with Crippen molar-refractivity contribution in [2.45, 2.75) is 12.5 Å². The Kier molecular flexibility index (Phi) is 1.86. The molecule has 0 saturated heterocycles. The summed E-state index contributed by atoms with van der Waals surface area (Å²) in [6.07, 6.45) is 1.90. The smallest absolute Gasteiger partial charge is 0.0535 e. The topological polar surface area (TPSA) is 57.9 Å². The van der Waals surface area contributed by atoms with Crippen LogP contribution in [-0.4, -0.2) is 35.2 Å². The minimum Gasteiger partial charge on any atom is -0.330 e. The first-order chi connectivity index (χ1) is 5.81. The lowest BCUT2D eigenvalue weighted by Gasteiger charge is -2.28. The number of hydrogen-bond donors (Lipinski definition) is 2. The number of aromatic amines is 1. The highest BCUT2D eigenvalue weighted by atomic mass is 15.2. The zero-order chi connectivity index (χ0) is 8.55. The lowest BCUT2D eigenvalue weighted by atomic mass is 9.97. The van der Waals surface area contributed by atoms with Gasteiger partial charge < -0.3 is 10.6 Å². The Bertz CT molecular complexity index is 268. The first kappa shape index (κ1) is 7.76. The van der Waals surface area contributed by atoms with Gasteiger partial charge in [-0.15, -0.1) is 0 Å². The summed E-state index contributed by atoms with van der Waals surface area (Å²) in [5, 5.41) is 7.05. The van der Waals surface area contributed by atoms with Crippen LogP contribution in [0.1, 0.15) is 17.2 Å². The van der Waals surface area contributed by atoms with Crippen molar-refractivity contribution in [2.24, 2.45) is 5.73 Å². The first-order valence-electron chi connectivity index (χ1n) is 4.22. The number of nitrogens with zero attached hydrogens (tertiary/aromatic N) is 2. The van der Waals surface area contributed by atoms with Crippen molar-refractivity contribution in [1.29, 1.82) is 0 Å². The van der Waals surface area contributed by atoms with Gasteiger partial charge >= 0.3 is 0 Å². The van der Waals surface area contributed by atoms with Crippen molar-refractivity contribution in [3.8, 4) is 0 Å². The number of H-pyrrole nitrogens is 1. The van der Waals surface area contributed by atoms with Crippen molar-refractivity contribution in [1.82, 2.24) is 15.1 Å². The number of aromatic nitrogens is 2. The van der Waals surface area contributed by atoms with Crippen LogP contribution >= 0.6 is 0 Å². The van der Waals surface area contributed by atoms with E-state index in [9.17, 15) is 0 Å². The molecule has 3 N–H and O–H groups in total. The van der Waals surface area contributed by atoms with Gasteiger partial charge in [-0.05, 0) is 7.05 Å². The molecule has 2 rings (SSSR count). The van der Waals surface area contributed by atoms with Crippen LogP contribution in [0.4, 0.5) is 0 Å². The molecule has 66 valence electrons. The number of nitrogens with two attached hydrogens (primary N) is 1. The molecule has 0 spiro atoms. The van der Waals surface area contributed by atoms with Crippen LogP contribution in [0.25, 0.3) is 0 Å². The first-order valence-corrected chi connectivity index (χ1v) is 4.22. The molecule has 0 bridgehead atoms. The molecule has 0 saturated carbocycles. The number of likely N-dealkylation sites (N-methyl/N-ethyl adjacent to an activating group) is 1. The fraction of sp³-hybridized carbons (Fsp3) is 0.625. The highest BCUT2D eigenvalue weighted by Gasteiger charge is 2.23. The zero-order valence-electron chi connectivity index (χ0n) is 7.25. The van der Waals surface area contributed by atoms with Crippen molar-refractivity contribution in [3.05, 3.63) is 17.5 Å². The lowest BCUT2D eigenvalue weighted by Crippen LogP contribution is -2.33. The van der Waals surface area contributed by atoms with E-state index in [1.54, 1.807) is 0 Å². The lowest BCUT2D eigenvalue weighted by molar-refractivity contribution is 0.281. The molecule has 0 aromatic carbocycles. The maximum atomic E-state index is 5.67. The Morgan fingerprint density at radius 3 is 3.42 bits per heavy atom. The minimum absolute atomic E-state index is 0.432. The number of nitrogens with one attached hydrogen (secondary N) is 1.